The molecule has 0 aliphatic rings. The minimum absolute atomic E-state index is 0.232. The molecule has 1 amide bonds. The van der Waals surface area contributed by atoms with Gasteiger partial charge in [0.25, 0.3) is 5.91 Å². The van der Waals surface area contributed by atoms with Crippen LogP contribution in [-0.4, -0.2) is 25.5 Å². The number of aryl methyl sites for hydroxylation is 1. The normalized spacial score (nSPS) is 10.8. The molecule has 3 heterocycles. The molecule has 4 rings (SSSR count). The SMILES string of the molecule is Cc1cccn2cc(COc3ccc(C(=O)Nc4nncs4)cc3)nc12. The molecule has 26 heavy (non-hydrogen) atoms. The van der Waals surface area contributed by atoms with Gasteiger partial charge in [-0.3, -0.25) is 10.1 Å². The summed E-state index contributed by atoms with van der Waals surface area (Å²) in [5.41, 5.74) is 4.97. The minimum Gasteiger partial charge on any atom is -0.487 e. The van der Waals surface area contributed by atoms with Crippen LogP contribution in [0.3, 0.4) is 0 Å². The number of hydrogen-bond donors (Lipinski definition) is 1. The molecule has 7 nitrogen and oxygen atoms in total. The summed E-state index contributed by atoms with van der Waals surface area (Å²) in [5.74, 6) is 0.440. The van der Waals surface area contributed by atoms with Gasteiger partial charge in [0, 0.05) is 18.0 Å². The molecule has 0 spiro atoms. The minimum atomic E-state index is -0.232. The monoisotopic (exact) mass is 365 g/mol. The number of aromatic nitrogens is 4. The van der Waals surface area contributed by atoms with Crippen molar-refractivity contribution in [1.82, 2.24) is 19.6 Å². The Morgan fingerprint density at radius 3 is 2.85 bits per heavy atom. The molecular formula is C18H15N5O2S. The second-order valence-corrected chi connectivity index (χ2v) is 6.50. The maximum atomic E-state index is 12.1. The highest BCUT2D eigenvalue weighted by Crippen LogP contribution is 2.17. The van der Waals surface area contributed by atoms with Gasteiger partial charge in [-0.1, -0.05) is 17.4 Å². The van der Waals surface area contributed by atoms with Crippen molar-refractivity contribution in [1.29, 1.82) is 0 Å². The van der Waals surface area contributed by atoms with Gasteiger partial charge in [0.05, 0.1) is 5.69 Å². The first-order chi connectivity index (χ1) is 12.7. The average molecular weight is 365 g/mol. The zero-order valence-electron chi connectivity index (χ0n) is 13.9. The third-order valence-corrected chi connectivity index (χ3v) is 4.42. The molecule has 0 radical (unpaired) electrons. The number of hydrogen-bond acceptors (Lipinski definition) is 6. The van der Waals surface area contributed by atoms with Crippen LogP contribution in [0.2, 0.25) is 0 Å². The van der Waals surface area contributed by atoms with Crippen LogP contribution in [0.1, 0.15) is 21.6 Å². The summed E-state index contributed by atoms with van der Waals surface area (Å²) in [6.45, 7) is 2.38. The highest BCUT2D eigenvalue weighted by molar-refractivity contribution is 7.13. The summed E-state index contributed by atoms with van der Waals surface area (Å²) in [5, 5.41) is 10.6. The average Bonchev–Trinajstić information content (AvgIpc) is 3.30. The van der Waals surface area contributed by atoms with E-state index in [4.69, 9.17) is 4.74 Å². The van der Waals surface area contributed by atoms with E-state index in [0.717, 1.165) is 16.9 Å². The number of amides is 1. The van der Waals surface area contributed by atoms with E-state index in [9.17, 15) is 4.79 Å². The van der Waals surface area contributed by atoms with Crippen LogP contribution < -0.4 is 10.1 Å². The molecule has 130 valence electrons. The molecule has 0 aliphatic heterocycles. The van der Waals surface area contributed by atoms with Crippen LogP contribution >= 0.6 is 11.3 Å². The maximum Gasteiger partial charge on any atom is 0.257 e. The molecule has 0 saturated carbocycles. The molecule has 4 aromatic rings. The first kappa shape index (κ1) is 16.2. The van der Waals surface area contributed by atoms with Crippen molar-refractivity contribution in [2.24, 2.45) is 0 Å². The van der Waals surface area contributed by atoms with E-state index >= 15 is 0 Å². The third-order valence-electron chi connectivity index (χ3n) is 3.81. The number of carbonyl (C=O) groups excluding carboxylic acids is 1. The van der Waals surface area contributed by atoms with Gasteiger partial charge < -0.3 is 9.14 Å². The standard InChI is InChI=1S/C18H15N5O2S/c1-12-3-2-8-23-9-14(20-16(12)23)10-25-15-6-4-13(5-7-15)17(24)21-18-22-19-11-26-18/h2-9,11H,10H2,1H3,(H,21,22,24). The number of carbonyl (C=O) groups is 1. The summed E-state index contributed by atoms with van der Waals surface area (Å²) in [6, 6.07) is 10.9. The van der Waals surface area contributed by atoms with Crippen LogP contribution in [0.25, 0.3) is 5.65 Å². The van der Waals surface area contributed by atoms with Crippen molar-refractivity contribution in [2.75, 3.05) is 5.32 Å². The van der Waals surface area contributed by atoms with Crippen molar-refractivity contribution in [3.05, 3.63) is 71.1 Å². The van der Waals surface area contributed by atoms with E-state index in [2.05, 4.69) is 20.5 Å². The highest BCUT2D eigenvalue weighted by Gasteiger charge is 2.09. The fourth-order valence-corrected chi connectivity index (χ4v) is 2.97. The molecule has 0 aliphatic carbocycles. The number of anilines is 1. The lowest BCUT2D eigenvalue weighted by Crippen LogP contribution is -2.11. The molecule has 0 fully saturated rings. The Hall–Kier alpha value is -3.26. The van der Waals surface area contributed by atoms with Gasteiger partial charge in [0.15, 0.2) is 0 Å². The van der Waals surface area contributed by atoms with E-state index in [0.29, 0.717) is 23.1 Å². The summed E-state index contributed by atoms with van der Waals surface area (Å²) < 4.78 is 7.76. The molecule has 1 N–H and O–H groups in total. The molecular weight excluding hydrogens is 350 g/mol. The van der Waals surface area contributed by atoms with E-state index < -0.39 is 0 Å². The third kappa shape index (κ3) is 3.40. The van der Waals surface area contributed by atoms with Crippen LogP contribution in [0.5, 0.6) is 5.75 Å². The fourth-order valence-electron chi connectivity index (χ4n) is 2.53. The quantitative estimate of drug-likeness (QED) is 0.587. The summed E-state index contributed by atoms with van der Waals surface area (Å²) in [4.78, 5) is 16.7. The lowest BCUT2D eigenvalue weighted by Gasteiger charge is -2.05. The van der Waals surface area contributed by atoms with E-state index in [1.54, 1.807) is 29.8 Å². The van der Waals surface area contributed by atoms with Gasteiger partial charge in [-0.2, -0.15) is 0 Å². The second kappa shape index (κ2) is 6.93. The number of nitrogens with zero attached hydrogens (tertiary/aromatic N) is 4. The summed E-state index contributed by atoms with van der Waals surface area (Å²) >= 11 is 1.27. The van der Waals surface area contributed by atoms with Gasteiger partial charge in [0.2, 0.25) is 5.13 Å². The van der Waals surface area contributed by atoms with Crippen molar-refractivity contribution >= 4 is 28.0 Å². The summed E-state index contributed by atoms with van der Waals surface area (Å²) in [6.07, 6.45) is 3.91. The van der Waals surface area contributed by atoms with Crippen molar-refractivity contribution in [3.63, 3.8) is 0 Å². The Balaban J connectivity index is 1.40. The topological polar surface area (TPSA) is 81.4 Å². The van der Waals surface area contributed by atoms with Crippen LogP contribution in [0, 0.1) is 6.92 Å². The lowest BCUT2D eigenvalue weighted by atomic mass is 10.2. The number of rotatable bonds is 5. The van der Waals surface area contributed by atoms with Crippen molar-refractivity contribution < 1.29 is 9.53 Å². The molecule has 0 atom stereocenters. The van der Waals surface area contributed by atoms with E-state index in [1.165, 1.54) is 11.3 Å². The number of pyridine rings is 1. The Bertz CT molecular complexity index is 1040. The van der Waals surface area contributed by atoms with Crippen molar-refractivity contribution in [3.8, 4) is 5.75 Å². The first-order valence-corrected chi connectivity index (χ1v) is 8.80. The highest BCUT2D eigenvalue weighted by atomic mass is 32.1. The first-order valence-electron chi connectivity index (χ1n) is 7.92. The van der Waals surface area contributed by atoms with Crippen molar-refractivity contribution in [2.45, 2.75) is 13.5 Å². The molecule has 1 aromatic carbocycles. The number of ether oxygens (including phenoxy) is 1. The van der Waals surface area contributed by atoms with Gasteiger partial charge in [-0.15, -0.1) is 10.2 Å². The van der Waals surface area contributed by atoms with Crippen LogP contribution in [0.15, 0.2) is 54.3 Å². The number of benzene rings is 1. The predicted octanol–water partition coefficient (Wildman–Crippen LogP) is 3.33. The Morgan fingerprint density at radius 1 is 1.27 bits per heavy atom. The maximum absolute atomic E-state index is 12.1. The zero-order chi connectivity index (χ0) is 17.9. The van der Waals surface area contributed by atoms with Gasteiger partial charge in [-0.05, 0) is 42.8 Å². The molecule has 0 saturated heterocycles. The Morgan fingerprint density at radius 2 is 2.12 bits per heavy atom. The predicted molar refractivity (Wildman–Crippen MR) is 98.6 cm³/mol. The van der Waals surface area contributed by atoms with Gasteiger partial charge in [-0.25, -0.2) is 4.98 Å². The number of imidazole rings is 1. The van der Waals surface area contributed by atoms with Crippen LogP contribution in [0.4, 0.5) is 5.13 Å². The molecule has 8 heteroatoms. The Labute approximate surface area is 153 Å². The van der Waals surface area contributed by atoms with Gasteiger partial charge >= 0.3 is 0 Å². The summed E-state index contributed by atoms with van der Waals surface area (Å²) in [7, 11) is 0. The zero-order valence-corrected chi connectivity index (χ0v) is 14.7. The van der Waals surface area contributed by atoms with Crippen LogP contribution in [-0.2, 0) is 6.61 Å². The Kier molecular flexibility index (Phi) is 4.32. The second-order valence-electron chi connectivity index (χ2n) is 5.67. The van der Waals surface area contributed by atoms with E-state index in [-0.39, 0.29) is 5.91 Å². The van der Waals surface area contributed by atoms with Gasteiger partial charge in [0.1, 0.15) is 23.5 Å². The van der Waals surface area contributed by atoms with E-state index in [1.807, 2.05) is 35.9 Å². The molecule has 0 unspecified atom stereocenters. The fraction of sp³-hybridized carbons (Fsp3) is 0.111. The smallest absolute Gasteiger partial charge is 0.257 e. The number of nitrogens with one attached hydrogen (secondary N) is 1. The lowest BCUT2D eigenvalue weighted by molar-refractivity contribution is 0.102. The molecule has 3 aromatic heterocycles. The number of fused-ring (bicyclic) bond motifs is 1. The largest absolute Gasteiger partial charge is 0.487 e. The molecule has 0 bridgehead atoms.